The van der Waals surface area contributed by atoms with E-state index in [0.717, 1.165) is 24.2 Å². The first-order valence-corrected chi connectivity index (χ1v) is 8.38. The van der Waals surface area contributed by atoms with Crippen molar-refractivity contribution in [1.29, 1.82) is 0 Å². The van der Waals surface area contributed by atoms with E-state index < -0.39 is 5.41 Å². The lowest BCUT2D eigenvalue weighted by Gasteiger charge is -2.41. The molecule has 3 heterocycles. The lowest BCUT2D eigenvalue weighted by molar-refractivity contribution is -0.122. The number of fused-ring (bicyclic) bond motifs is 1. The Hall–Kier alpha value is -2.21. The summed E-state index contributed by atoms with van der Waals surface area (Å²) in [6.07, 6.45) is 6.59. The number of carbonyl (C=O) groups excluding carboxylic acids is 1. The Morgan fingerprint density at radius 3 is 2.67 bits per heavy atom. The minimum Gasteiger partial charge on any atom is -0.351 e. The lowest BCUT2D eigenvalue weighted by Crippen LogP contribution is -2.53. The van der Waals surface area contributed by atoms with Gasteiger partial charge in [-0.15, -0.1) is 0 Å². The van der Waals surface area contributed by atoms with Gasteiger partial charge >= 0.3 is 0 Å². The second-order valence-electron chi connectivity index (χ2n) is 6.87. The van der Waals surface area contributed by atoms with E-state index >= 15 is 0 Å². The molecule has 0 radical (unpaired) electrons. The van der Waals surface area contributed by atoms with Crippen LogP contribution in [0.5, 0.6) is 0 Å². The van der Waals surface area contributed by atoms with Gasteiger partial charge in [0, 0.05) is 23.8 Å². The van der Waals surface area contributed by atoms with Crippen molar-refractivity contribution in [2.24, 2.45) is 0 Å². The Balaban J connectivity index is 1.47. The summed E-state index contributed by atoms with van der Waals surface area (Å²) in [5.74, 6) is 1.50. The van der Waals surface area contributed by atoms with Gasteiger partial charge in [-0.3, -0.25) is 9.69 Å². The number of amides is 1. The van der Waals surface area contributed by atoms with Crippen molar-refractivity contribution in [2.75, 3.05) is 10.2 Å². The van der Waals surface area contributed by atoms with E-state index in [1.807, 2.05) is 30.9 Å². The van der Waals surface area contributed by atoms with Crippen LogP contribution in [0.15, 0.2) is 30.7 Å². The second kappa shape index (κ2) is 5.41. The number of hydrogen-bond acceptors (Lipinski definition) is 5. The van der Waals surface area contributed by atoms with Crippen molar-refractivity contribution in [3.63, 3.8) is 0 Å². The SMILES string of the molecule is CC1(C)C(=O)N([C@H]2C[C@H](Nc3ncc(Cl)cn3)C2)c2ncccc21. The molecule has 0 bridgehead atoms. The molecule has 2 aromatic rings. The van der Waals surface area contributed by atoms with Gasteiger partial charge in [0.05, 0.1) is 22.8 Å². The molecule has 24 heavy (non-hydrogen) atoms. The van der Waals surface area contributed by atoms with Gasteiger partial charge in [-0.05, 0) is 32.8 Å². The highest BCUT2D eigenvalue weighted by Gasteiger charge is 2.50. The monoisotopic (exact) mass is 343 g/mol. The number of anilines is 2. The van der Waals surface area contributed by atoms with E-state index in [9.17, 15) is 4.79 Å². The maximum Gasteiger partial charge on any atom is 0.238 e. The zero-order chi connectivity index (χ0) is 16.9. The Bertz CT molecular complexity index is 786. The highest BCUT2D eigenvalue weighted by Crippen LogP contribution is 2.44. The Kier molecular flexibility index (Phi) is 3.46. The maximum atomic E-state index is 12.8. The number of nitrogens with one attached hydrogen (secondary N) is 1. The van der Waals surface area contributed by atoms with Crippen molar-refractivity contribution in [3.8, 4) is 0 Å². The van der Waals surface area contributed by atoms with Gasteiger partial charge in [0.2, 0.25) is 11.9 Å². The predicted octanol–water partition coefficient (Wildman–Crippen LogP) is 2.79. The van der Waals surface area contributed by atoms with Crippen molar-refractivity contribution < 1.29 is 4.79 Å². The summed E-state index contributed by atoms with van der Waals surface area (Å²) in [4.78, 5) is 27.5. The van der Waals surface area contributed by atoms with Crippen LogP contribution in [0.1, 0.15) is 32.3 Å². The third-order valence-corrected chi connectivity index (χ3v) is 5.07. The van der Waals surface area contributed by atoms with Crippen LogP contribution in [-0.2, 0) is 10.2 Å². The Morgan fingerprint density at radius 1 is 1.25 bits per heavy atom. The van der Waals surface area contributed by atoms with Crippen LogP contribution in [0.2, 0.25) is 5.02 Å². The molecule has 124 valence electrons. The summed E-state index contributed by atoms with van der Waals surface area (Å²) in [5.41, 5.74) is 0.494. The lowest BCUT2D eigenvalue weighted by atomic mass is 9.84. The normalized spacial score (nSPS) is 24.5. The topological polar surface area (TPSA) is 71.0 Å². The Labute approximate surface area is 145 Å². The fourth-order valence-corrected chi connectivity index (χ4v) is 3.51. The molecule has 0 unspecified atom stereocenters. The maximum absolute atomic E-state index is 12.8. The van der Waals surface area contributed by atoms with Gasteiger partial charge in [-0.25, -0.2) is 15.0 Å². The molecule has 0 atom stereocenters. The molecule has 6 nitrogen and oxygen atoms in total. The molecule has 1 aliphatic heterocycles. The molecule has 0 spiro atoms. The number of hydrogen-bond donors (Lipinski definition) is 1. The zero-order valence-electron chi connectivity index (χ0n) is 13.5. The van der Waals surface area contributed by atoms with Gasteiger partial charge in [0.25, 0.3) is 0 Å². The summed E-state index contributed by atoms with van der Waals surface area (Å²) >= 11 is 5.79. The molecule has 1 saturated carbocycles. The molecule has 2 aromatic heterocycles. The summed E-state index contributed by atoms with van der Waals surface area (Å²) in [7, 11) is 0. The second-order valence-corrected chi connectivity index (χ2v) is 7.30. The van der Waals surface area contributed by atoms with Crippen LogP contribution in [0, 0.1) is 0 Å². The molecule has 7 heteroatoms. The van der Waals surface area contributed by atoms with Crippen LogP contribution >= 0.6 is 11.6 Å². The third kappa shape index (κ3) is 2.33. The van der Waals surface area contributed by atoms with E-state index in [4.69, 9.17) is 11.6 Å². The van der Waals surface area contributed by atoms with Crippen LogP contribution in [0.25, 0.3) is 0 Å². The van der Waals surface area contributed by atoms with Crippen molar-refractivity contribution in [3.05, 3.63) is 41.3 Å². The quantitative estimate of drug-likeness (QED) is 0.927. The van der Waals surface area contributed by atoms with Crippen LogP contribution < -0.4 is 10.2 Å². The average Bonchev–Trinajstić information content (AvgIpc) is 2.73. The van der Waals surface area contributed by atoms with Crippen LogP contribution in [-0.4, -0.2) is 32.9 Å². The smallest absolute Gasteiger partial charge is 0.238 e. The molecule has 1 amide bonds. The number of rotatable bonds is 3. The van der Waals surface area contributed by atoms with E-state index in [-0.39, 0.29) is 18.0 Å². The first kappa shape index (κ1) is 15.3. The fraction of sp³-hybridized carbons (Fsp3) is 0.412. The van der Waals surface area contributed by atoms with Crippen molar-refractivity contribution in [2.45, 2.75) is 44.2 Å². The first-order valence-electron chi connectivity index (χ1n) is 8.00. The molecule has 1 fully saturated rings. The molecule has 0 saturated heterocycles. The van der Waals surface area contributed by atoms with E-state index in [1.54, 1.807) is 18.6 Å². The van der Waals surface area contributed by atoms with Crippen LogP contribution in [0.4, 0.5) is 11.8 Å². The number of aromatic nitrogens is 3. The largest absolute Gasteiger partial charge is 0.351 e. The molecule has 2 aliphatic rings. The zero-order valence-corrected chi connectivity index (χ0v) is 14.3. The first-order chi connectivity index (χ1) is 11.5. The van der Waals surface area contributed by atoms with E-state index in [1.165, 1.54) is 0 Å². The molecular formula is C17H18ClN5O. The predicted molar refractivity (Wildman–Crippen MR) is 92.2 cm³/mol. The third-order valence-electron chi connectivity index (χ3n) is 4.87. The minimum absolute atomic E-state index is 0.127. The molecule has 0 aromatic carbocycles. The van der Waals surface area contributed by atoms with Crippen molar-refractivity contribution in [1.82, 2.24) is 15.0 Å². The fourth-order valence-electron chi connectivity index (χ4n) is 3.41. The highest BCUT2D eigenvalue weighted by atomic mass is 35.5. The van der Waals surface area contributed by atoms with Gasteiger partial charge in [-0.1, -0.05) is 17.7 Å². The van der Waals surface area contributed by atoms with E-state index in [0.29, 0.717) is 11.0 Å². The van der Waals surface area contributed by atoms with Gasteiger partial charge < -0.3 is 5.32 Å². The Morgan fingerprint density at radius 2 is 1.96 bits per heavy atom. The number of nitrogens with zero attached hydrogens (tertiary/aromatic N) is 4. The van der Waals surface area contributed by atoms with Crippen molar-refractivity contribution >= 4 is 29.3 Å². The van der Waals surface area contributed by atoms with Gasteiger partial charge in [0.15, 0.2) is 0 Å². The molecule has 1 aliphatic carbocycles. The summed E-state index contributed by atoms with van der Waals surface area (Å²) in [6.45, 7) is 3.93. The van der Waals surface area contributed by atoms with Crippen LogP contribution in [0.3, 0.4) is 0 Å². The molecular weight excluding hydrogens is 326 g/mol. The van der Waals surface area contributed by atoms with Gasteiger partial charge in [-0.2, -0.15) is 0 Å². The standard InChI is InChI=1S/C17H18ClN5O/c1-17(2)13-4-3-5-19-14(13)23(15(17)24)12-6-11(7-12)22-16-20-8-10(18)9-21-16/h3-5,8-9,11-12H,6-7H2,1-2H3,(H,20,21,22)/t11-,12-. The minimum atomic E-state index is -0.513. The summed E-state index contributed by atoms with van der Waals surface area (Å²) in [6, 6.07) is 4.30. The summed E-state index contributed by atoms with van der Waals surface area (Å²) in [5, 5.41) is 3.79. The molecule has 1 N–H and O–H groups in total. The van der Waals surface area contributed by atoms with E-state index in [2.05, 4.69) is 20.3 Å². The number of carbonyl (C=O) groups is 1. The summed E-state index contributed by atoms with van der Waals surface area (Å²) < 4.78 is 0. The van der Waals surface area contributed by atoms with Gasteiger partial charge in [0.1, 0.15) is 5.82 Å². The number of halogens is 1. The molecule has 4 rings (SSSR count). The number of pyridine rings is 1. The highest BCUT2D eigenvalue weighted by molar-refractivity contribution is 6.30. The average molecular weight is 344 g/mol.